The Morgan fingerprint density at radius 2 is 2.38 bits per heavy atom. The molecule has 0 aliphatic heterocycles. The lowest BCUT2D eigenvalue weighted by Gasteiger charge is -1.71. The molecule has 1 atom stereocenters. The summed E-state index contributed by atoms with van der Waals surface area (Å²) in [5.41, 5.74) is 1.43. The average Bonchev–Trinajstić information content (AvgIpc) is 2.14. The molecule has 1 rings (SSSR count). The van der Waals surface area contributed by atoms with Crippen LogP contribution in [0.3, 0.4) is 0 Å². The predicted molar refractivity (Wildman–Crippen MR) is 39.3 cm³/mol. The molecule has 0 radical (unpaired) electrons. The van der Waals surface area contributed by atoms with Crippen molar-refractivity contribution in [3.63, 3.8) is 0 Å². The highest BCUT2D eigenvalue weighted by Gasteiger charge is 1.97. The van der Waals surface area contributed by atoms with Crippen LogP contribution in [-0.4, -0.2) is 0 Å². The number of hydrogen-bond acceptors (Lipinski definition) is 0. The molecule has 0 spiro atoms. The maximum atomic E-state index is 2.33. The van der Waals surface area contributed by atoms with Crippen LogP contribution < -0.4 is 0 Å². The van der Waals surface area contributed by atoms with E-state index in [9.17, 15) is 0 Å². The van der Waals surface area contributed by atoms with Gasteiger partial charge in [0.15, 0.2) is 0 Å². The van der Waals surface area contributed by atoms with Crippen LogP contribution in [0.25, 0.3) is 0 Å². The molecule has 0 N–H and O–H groups in total. The van der Waals surface area contributed by atoms with Gasteiger partial charge in [0.05, 0.1) is 0 Å². The molecule has 0 aromatic carbocycles. The fourth-order valence-corrected chi connectivity index (χ4v) is 2.07. The maximum Gasteiger partial charge on any atom is 0.140 e. The molecule has 1 heterocycles. The lowest BCUT2D eigenvalue weighted by molar-refractivity contribution is 1.38. The van der Waals surface area contributed by atoms with Crippen molar-refractivity contribution < 1.29 is 0 Å². The van der Waals surface area contributed by atoms with E-state index < -0.39 is 0 Å². The van der Waals surface area contributed by atoms with E-state index in [1.165, 1.54) is 11.3 Å². The maximum absolute atomic E-state index is 2.33. The smallest absolute Gasteiger partial charge is 0.0349 e. The standard InChI is InChI=1S/C7H11S/c1-3-8-5-4-7(2)6-8/h4-6H,3H2,1-2H3/q+1. The molecule has 1 heteroatoms. The second kappa shape index (κ2) is 2.31. The Morgan fingerprint density at radius 3 is 2.62 bits per heavy atom. The van der Waals surface area contributed by atoms with Crippen LogP contribution >= 0.6 is 10.5 Å². The molecule has 0 saturated heterocycles. The lowest BCUT2D eigenvalue weighted by atomic mass is 10.4. The Morgan fingerprint density at radius 1 is 1.62 bits per heavy atom. The van der Waals surface area contributed by atoms with Gasteiger partial charge >= 0.3 is 0 Å². The van der Waals surface area contributed by atoms with E-state index in [2.05, 4.69) is 30.7 Å². The van der Waals surface area contributed by atoms with Gasteiger partial charge in [0, 0.05) is 5.56 Å². The molecular formula is C7H11S+. The number of hydrogen-bond donors (Lipinski definition) is 0. The zero-order chi connectivity index (χ0) is 5.98. The molecule has 0 fully saturated rings. The number of thiophene rings is 1. The van der Waals surface area contributed by atoms with Crippen LogP contribution in [0.5, 0.6) is 0 Å². The minimum absolute atomic E-state index is 0.493. The first-order valence-corrected chi connectivity index (χ1v) is 4.40. The Kier molecular flexibility index (Phi) is 1.69. The van der Waals surface area contributed by atoms with Crippen LogP contribution in [0.15, 0.2) is 16.8 Å². The van der Waals surface area contributed by atoms with Crippen molar-refractivity contribution in [3.8, 4) is 0 Å². The molecule has 1 aromatic heterocycles. The molecule has 0 aliphatic carbocycles. The quantitative estimate of drug-likeness (QED) is 0.509. The minimum atomic E-state index is 0.493. The normalized spacial score (nSPS) is 12.0. The molecule has 0 saturated carbocycles. The largest absolute Gasteiger partial charge is 0.140 e. The van der Waals surface area contributed by atoms with Gasteiger partial charge in [-0.25, -0.2) is 0 Å². The fraction of sp³-hybridized carbons (Fsp3) is 0.429. The highest BCUT2D eigenvalue weighted by Crippen LogP contribution is 2.19. The minimum Gasteiger partial charge on any atom is -0.0349 e. The molecule has 0 aliphatic rings. The monoisotopic (exact) mass is 127 g/mol. The molecule has 0 nitrogen and oxygen atoms in total. The van der Waals surface area contributed by atoms with E-state index in [4.69, 9.17) is 0 Å². The van der Waals surface area contributed by atoms with Gasteiger partial charge < -0.3 is 0 Å². The van der Waals surface area contributed by atoms with E-state index in [0.29, 0.717) is 10.5 Å². The average molecular weight is 127 g/mol. The van der Waals surface area contributed by atoms with Crippen molar-refractivity contribution in [1.82, 2.24) is 0 Å². The molecule has 1 aromatic rings. The van der Waals surface area contributed by atoms with Gasteiger partial charge in [0.25, 0.3) is 0 Å². The molecule has 0 bridgehead atoms. The van der Waals surface area contributed by atoms with Gasteiger partial charge in [-0.3, -0.25) is 0 Å². The van der Waals surface area contributed by atoms with E-state index in [1.807, 2.05) is 0 Å². The summed E-state index contributed by atoms with van der Waals surface area (Å²) in [5.74, 6) is 1.27. The highest BCUT2D eigenvalue weighted by molar-refractivity contribution is 7.27. The first kappa shape index (κ1) is 5.83. The Hall–Kier alpha value is -0.300. The van der Waals surface area contributed by atoms with Gasteiger partial charge in [-0.1, -0.05) is 0 Å². The van der Waals surface area contributed by atoms with Crippen molar-refractivity contribution in [2.45, 2.75) is 19.6 Å². The molecule has 1 unspecified atom stereocenters. The third kappa shape index (κ3) is 1.10. The first-order valence-electron chi connectivity index (χ1n) is 2.88. The third-order valence-corrected chi connectivity index (χ3v) is 3.00. The third-order valence-electron chi connectivity index (χ3n) is 1.18. The van der Waals surface area contributed by atoms with Crippen molar-refractivity contribution >= 4 is 10.5 Å². The second-order valence-corrected chi connectivity index (χ2v) is 3.95. The first-order chi connectivity index (χ1) is 3.83. The Balaban J connectivity index is 2.84. The summed E-state index contributed by atoms with van der Waals surface area (Å²) < 4.78 is 0. The van der Waals surface area contributed by atoms with E-state index in [-0.39, 0.29) is 0 Å². The van der Waals surface area contributed by atoms with Gasteiger partial charge in [0.2, 0.25) is 0 Å². The molecule has 0 amide bonds. The summed E-state index contributed by atoms with van der Waals surface area (Å²) in [6, 6.07) is 2.20. The number of aryl methyl sites for hydroxylation is 2. The highest BCUT2D eigenvalue weighted by atomic mass is 32.2. The van der Waals surface area contributed by atoms with Crippen LogP contribution in [0, 0.1) is 6.92 Å². The zero-order valence-corrected chi connectivity index (χ0v) is 6.16. The summed E-state index contributed by atoms with van der Waals surface area (Å²) in [5, 5.41) is 4.62. The summed E-state index contributed by atoms with van der Waals surface area (Å²) in [6.45, 7) is 4.38. The summed E-state index contributed by atoms with van der Waals surface area (Å²) in [6.07, 6.45) is 0. The lowest BCUT2D eigenvalue weighted by Crippen LogP contribution is -1.54. The van der Waals surface area contributed by atoms with Crippen molar-refractivity contribution in [3.05, 3.63) is 22.4 Å². The van der Waals surface area contributed by atoms with E-state index in [1.54, 1.807) is 0 Å². The SMILES string of the molecule is CC[s+]1ccc(C)c1. The zero-order valence-electron chi connectivity index (χ0n) is 5.35. The van der Waals surface area contributed by atoms with E-state index >= 15 is 0 Å². The molecule has 8 heavy (non-hydrogen) atoms. The number of rotatable bonds is 1. The second-order valence-electron chi connectivity index (χ2n) is 1.92. The predicted octanol–water partition coefficient (Wildman–Crippen LogP) is 2.76. The van der Waals surface area contributed by atoms with Gasteiger partial charge in [-0.15, -0.1) is 0 Å². The van der Waals surface area contributed by atoms with Gasteiger partial charge in [0.1, 0.15) is 16.5 Å². The summed E-state index contributed by atoms with van der Waals surface area (Å²) >= 11 is 0. The van der Waals surface area contributed by atoms with Crippen LogP contribution in [0.4, 0.5) is 0 Å². The molecule has 44 valence electrons. The summed E-state index contributed by atoms with van der Waals surface area (Å²) in [4.78, 5) is 0. The fourth-order valence-electron chi connectivity index (χ4n) is 0.692. The van der Waals surface area contributed by atoms with Gasteiger partial charge in [-0.05, 0) is 30.4 Å². The van der Waals surface area contributed by atoms with Crippen LogP contribution in [-0.2, 0) is 5.75 Å². The Labute approximate surface area is 53.1 Å². The van der Waals surface area contributed by atoms with Crippen molar-refractivity contribution in [1.29, 1.82) is 0 Å². The molecular weight excluding hydrogens is 116 g/mol. The topological polar surface area (TPSA) is 0 Å². The summed E-state index contributed by atoms with van der Waals surface area (Å²) in [7, 11) is 0.493. The van der Waals surface area contributed by atoms with Crippen LogP contribution in [0.2, 0.25) is 0 Å². The Bertz CT molecular complexity index is 165. The van der Waals surface area contributed by atoms with E-state index in [0.717, 1.165) is 0 Å². The van der Waals surface area contributed by atoms with Gasteiger partial charge in [-0.2, -0.15) is 0 Å². The van der Waals surface area contributed by atoms with Crippen molar-refractivity contribution in [2.24, 2.45) is 0 Å². The van der Waals surface area contributed by atoms with Crippen LogP contribution in [0.1, 0.15) is 12.5 Å². The van der Waals surface area contributed by atoms with Crippen molar-refractivity contribution in [2.75, 3.05) is 0 Å².